The van der Waals surface area contributed by atoms with Gasteiger partial charge in [-0.1, -0.05) is 32.9 Å². The third kappa shape index (κ3) is 3.01. The monoisotopic (exact) mass is 260 g/mol. The van der Waals surface area contributed by atoms with E-state index in [1.807, 2.05) is 0 Å². The second kappa shape index (κ2) is 5.26. The molecule has 106 valence electrons. The summed E-state index contributed by atoms with van der Waals surface area (Å²) in [6.45, 7) is 13.4. The van der Waals surface area contributed by atoms with E-state index in [0.29, 0.717) is 5.92 Å². The van der Waals surface area contributed by atoms with Gasteiger partial charge in [-0.25, -0.2) is 0 Å². The van der Waals surface area contributed by atoms with Crippen LogP contribution in [0.2, 0.25) is 0 Å². The van der Waals surface area contributed by atoms with E-state index in [0.717, 1.165) is 13.1 Å². The number of hydrogen-bond donors (Lipinski definition) is 2. The van der Waals surface area contributed by atoms with Gasteiger partial charge < -0.3 is 11.1 Å². The Morgan fingerprint density at radius 1 is 1.21 bits per heavy atom. The average molecular weight is 260 g/mol. The summed E-state index contributed by atoms with van der Waals surface area (Å²) >= 11 is 0. The number of hydrogen-bond acceptors (Lipinski definition) is 2. The Hall–Kier alpha value is -0.860. The van der Waals surface area contributed by atoms with Crippen LogP contribution in [0.25, 0.3) is 0 Å². The smallest absolute Gasteiger partial charge is 0.0341 e. The zero-order valence-corrected chi connectivity index (χ0v) is 13.0. The lowest BCUT2D eigenvalue weighted by Gasteiger charge is -2.26. The molecule has 1 fully saturated rings. The minimum absolute atomic E-state index is 0.170. The minimum Gasteiger partial charge on any atom is -0.324 e. The Morgan fingerprint density at radius 2 is 1.79 bits per heavy atom. The fourth-order valence-corrected chi connectivity index (χ4v) is 3.15. The Balaban J connectivity index is 2.36. The fourth-order valence-electron chi connectivity index (χ4n) is 3.15. The second-order valence-corrected chi connectivity index (χ2v) is 7.05. The molecular weight excluding hydrogens is 232 g/mol. The van der Waals surface area contributed by atoms with E-state index in [1.54, 1.807) is 0 Å². The van der Waals surface area contributed by atoms with Crippen LogP contribution in [-0.2, 0) is 5.41 Å². The standard InChI is InChI=1S/C17H28N2/c1-11-8-14(17(3,4)5)9-12(2)15(11)16(18)13-6-7-19-10-13/h8-9,13,16,19H,6-7,10,18H2,1-5H3. The van der Waals surface area contributed by atoms with Crippen LogP contribution in [0, 0.1) is 19.8 Å². The molecule has 0 aliphatic carbocycles. The number of nitrogens with one attached hydrogen (secondary N) is 1. The molecule has 0 spiro atoms. The van der Waals surface area contributed by atoms with Crippen molar-refractivity contribution in [1.29, 1.82) is 0 Å². The maximum atomic E-state index is 6.52. The topological polar surface area (TPSA) is 38.0 Å². The van der Waals surface area contributed by atoms with Crippen molar-refractivity contribution in [2.75, 3.05) is 13.1 Å². The molecule has 1 saturated heterocycles. The molecule has 1 aromatic carbocycles. The van der Waals surface area contributed by atoms with E-state index >= 15 is 0 Å². The molecule has 0 radical (unpaired) electrons. The predicted octanol–water partition coefficient (Wildman–Crippen LogP) is 3.21. The number of aryl methyl sites for hydroxylation is 2. The zero-order valence-electron chi connectivity index (χ0n) is 13.0. The largest absolute Gasteiger partial charge is 0.324 e. The van der Waals surface area contributed by atoms with Gasteiger partial charge in [0.1, 0.15) is 0 Å². The van der Waals surface area contributed by atoms with Gasteiger partial charge in [0.25, 0.3) is 0 Å². The van der Waals surface area contributed by atoms with Crippen molar-refractivity contribution in [3.63, 3.8) is 0 Å². The van der Waals surface area contributed by atoms with E-state index in [1.165, 1.54) is 28.7 Å². The Morgan fingerprint density at radius 3 is 2.21 bits per heavy atom. The van der Waals surface area contributed by atoms with Crippen LogP contribution in [0.5, 0.6) is 0 Å². The summed E-state index contributed by atoms with van der Waals surface area (Å²) in [6.07, 6.45) is 1.20. The molecule has 0 aromatic heterocycles. The quantitative estimate of drug-likeness (QED) is 0.857. The van der Waals surface area contributed by atoms with Crippen molar-refractivity contribution in [1.82, 2.24) is 5.32 Å². The van der Waals surface area contributed by atoms with E-state index in [4.69, 9.17) is 5.73 Å². The zero-order chi connectivity index (χ0) is 14.2. The Kier molecular flexibility index (Phi) is 4.03. The molecule has 2 rings (SSSR count). The molecule has 2 unspecified atom stereocenters. The lowest BCUT2D eigenvalue weighted by Crippen LogP contribution is -2.25. The highest BCUT2D eigenvalue weighted by atomic mass is 14.9. The van der Waals surface area contributed by atoms with Crippen molar-refractivity contribution >= 4 is 0 Å². The molecule has 2 nitrogen and oxygen atoms in total. The maximum absolute atomic E-state index is 6.52. The first-order valence-electron chi connectivity index (χ1n) is 7.38. The van der Waals surface area contributed by atoms with Gasteiger partial charge in [0.2, 0.25) is 0 Å². The first-order chi connectivity index (χ1) is 8.80. The van der Waals surface area contributed by atoms with Crippen LogP contribution in [0.1, 0.15) is 55.5 Å². The third-order valence-electron chi connectivity index (χ3n) is 4.40. The van der Waals surface area contributed by atoms with Crippen molar-refractivity contribution in [2.24, 2.45) is 11.7 Å². The molecule has 2 heteroatoms. The van der Waals surface area contributed by atoms with Gasteiger partial charge >= 0.3 is 0 Å². The van der Waals surface area contributed by atoms with E-state index in [2.05, 4.69) is 52.1 Å². The van der Waals surface area contributed by atoms with Crippen molar-refractivity contribution in [3.8, 4) is 0 Å². The number of rotatable bonds is 2. The lowest BCUT2D eigenvalue weighted by molar-refractivity contribution is 0.466. The highest BCUT2D eigenvalue weighted by Crippen LogP contribution is 2.33. The first kappa shape index (κ1) is 14.5. The summed E-state index contributed by atoms with van der Waals surface area (Å²) in [5, 5.41) is 3.42. The normalized spacial score (nSPS) is 21.7. The van der Waals surface area contributed by atoms with Crippen LogP contribution in [0.15, 0.2) is 12.1 Å². The van der Waals surface area contributed by atoms with Crippen LogP contribution < -0.4 is 11.1 Å². The van der Waals surface area contributed by atoms with Crippen molar-refractivity contribution in [2.45, 2.75) is 52.5 Å². The molecule has 1 aromatic rings. The molecule has 1 aliphatic heterocycles. The molecule has 2 atom stereocenters. The summed E-state index contributed by atoms with van der Waals surface area (Å²) in [5.41, 5.74) is 12.2. The van der Waals surface area contributed by atoms with Crippen molar-refractivity contribution < 1.29 is 0 Å². The summed E-state index contributed by atoms with van der Waals surface area (Å²) in [4.78, 5) is 0. The first-order valence-corrected chi connectivity index (χ1v) is 7.38. The lowest BCUT2D eigenvalue weighted by atomic mass is 9.81. The van der Waals surface area contributed by atoms with Gasteiger partial charge in [0, 0.05) is 6.04 Å². The molecule has 0 amide bonds. The Bertz CT molecular complexity index is 428. The van der Waals surface area contributed by atoms with Crippen LogP contribution >= 0.6 is 0 Å². The van der Waals surface area contributed by atoms with Crippen molar-refractivity contribution in [3.05, 3.63) is 34.4 Å². The van der Waals surface area contributed by atoms with Gasteiger partial charge in [-0.2, -0.15) is 0 Å². The highest BCUT2D eigenvalue weighted by molar-refractivity contribution is 5.42. The van der Waals surface area contributed by atoms with Gasteiger partial charge in [-0.15, -0.1) is 0 Å². The summed E-state index contributed by atoms with van der Waals surface area (Å²) < 4.78 is 0. The highest BCUT2D eigenvalue weighted by Gasteiger charge is 2.26. The van der Waals surface area contributed by atoms with Gasteiger partial charge in [0.05, 0.1) is 0 Å². The van der Waals surface area contributed by atoms with Gasteiger partial charge in [-0.3, -0.25) is 0 Å². The van der Waals surface area contributed by atoms with E-state index < -0.39 is 0 Å². The predicted molar refractivity (Wildman–Crippen MR) is 82.5 cm³/mol. The molecule has 0 bridgehead atoms. The molecule has 0 saturated carbocycles. The third-order valence-corrected chi connectivity index (χ3v) is 4.40. The van der Waals surface area contributed by atoms with Gasteiger partial charge in [0.15, 0.2) is 0 Å². The van der Waals surface area contributed by atoms with E-state index in [9.17, 15) is 0 Å². The molecular formula is C17H28N2. The summed E-state index contributed by atoms with van der Waals surface area (Å²) in [5.74, 6) is 0.581. The molecule has 1 heterocycles. The maximum Gasteiger partial charge on any atom is 0.0341 e. The van der Waals surface area contributed by atoms with Crippen LogP contribution in [-0.4, -0.2) is 13.1 Å². The summed E-state index contributed by atoms with van der Waals surface area (Å²) in [7, 11) is 0. The number of nitrogens with two attached hydrogens (primary N) is 1. The average Bonchev–Trinajstić information content (AvgIpc) is 2.79. The number of benzene rings is 1. The van der Waals surface area contributed by atoms with Crippen LogP contribution in [0.4, 0.5) is 0 Å². The summed E-state index contributed by atoms with van der Waals surface area (Å²) in [6, 6.07) is 4.82. The second-order valence-electron chi connectivity index (χ2n) is 7.05. The fraction of sp³-hybridized carbons (Fsp3) is 0.647. The van der Waals surface area contributed by atoms with E-state index in [-0.39, 0.29) is 11.5 Å². The molecule has 19 heavy (non-hydrogen) atoms. The van der Waals surface area contributed by atoms with Crippen LogP contribution in [0.3, 0.4) is 0 Å². The minimum atomic E-state index is 0.170. The molecule has 3 N–H and O–H groups in total. The van der Waals surface area contributed by atoms with Gasteiger partial charge in [-0.05, 0) is 66.9 Å². The molecule has 1 aliphatic rings. The SMILES string of the molecule is Cc1cc(C(C)(C)C)cc(C)c1C(N)C1CCNC1. The Labute approximate surface area is 117 Å².